The molecule has 0 radical (unpaired) electrons. The van der Waals surface area contributed by atoms with Crippen molar-refractivity contribution in [2.45, 2.75) is 0 Å². The average Bonchev–Trinajstić information content (AvgIpc) is 3.76. The fourth-order valence-corrected chi connectivity index (χ4v) is 9.32. The molecule has 0 amide bonds. The average molecular weight is 674 g/mol. The summed E-state index contributed by atoms with van der Waals surface area (Å²) in [5.74, 6) is 1.96. The van der Waals surface area contributed by atoms with Gasteiger partial charge in [-0.05, 0) is 41.0 Å². The fourth-order valence-electron chi connectivity index (χ4n) is 6.95. The van der Waals surface area contributed by atoms with E-state index in [1.165, 1.54) is 57.0 Å². The molecule has 0 atom stereocenters. The molecule has 0 saturated heterocycles. The Labute approximate surface area is 296 Å². The molecule has 50 heavy (non-hydrogen) atoms. The van der Waals surface area contributed by atoms with Gasteiger partial charge in [0.05, 0.1) is 0 Å². The van der Waals surface area contributed by atoms with Crippen molar-refractivity contribution in [1.29, 1.82) is 0 Å². The number of thiophene rings is 2. The van der Waals surface area contributed by atoms with E-state index >= 15 is 0 Å². The Morgan fingerprint density at radius 2 is 0.840 bits per heavy atom. The highest BCUT2D eigenvalue weighted by molar-refractivity contribution is 7.26. The molecule has 0 aliphatic carbocycles. The van der Waals surface area contributed by atoms with Gasteiger partial charge < -0.3 is 0 Å². The van der Waals surface area contributed by atoms with Crippen LogP contribution in [0.25, 0.3) is 96.8 Å². The van der Waals surface area contributed by atoms with Crippen LogP contribution in [0.15, 0.2) is 164 Å². The Kier molecular flexibility index (Phi) is 6.86. The normalized spacial score (nSPS) is 11.6. The molecule has 3 nitrogen and oxygen atoms in total. The number of fused-ring (bicyclic) bond motifs is 6. The molecule has 7 aromatic carbocycles. The molecule has 10 aromatic rings. The number of aromatic nitrogens is 3. The number of rotatable bonds is 5. The van der Waals surface area contributed by atoms with Gasteiger partial charge >= 0.3 is 0 Å². The van der Waals surface area contributed by atoms with Gasteiger partial charge in [0.15, 0.2) is 17.5 Å². The van der Waals surface area contributed by atoms with Gasteiger partial charge in [0, 0.05) is 62.6 Å². The molecular formula is C45H27N3S2. The van der Waals surface area contributed by atoms with Gasteiger partial charge in [-0.2, -0.15) is 0 Å². The monoisotopic (exact) mass is 673 g/mol. The summed E-state index contributed by atoms with van der Waals surface area (Å²) in [4.78, 5) is 15.1. The second-order valence-corrected chi connectivity index (χ2v) is 14.5. The maximum atomic E-state index is 5.08. The summed E-state index contributed by atoms with van der Waals surface area (Å²) in [7, 11) is 0. The first-order valence-electron chi connectivity index (χ1n) is 16.6. The third-order valence-corrected chi connectivity index (χ3v) is 11.7. The van der Waals surface area contributed by atoms with Crippen molar-refractivity contribution in [1.82, 2.24) is 15.0 Å². The third-order valence-electron chi connectivity index (χ3n) is 9.36. The van der Waals surface area contributed by atoms with Crippen molar-refractivity contribution < 1.29 is 0 Å². The molecule has 0 unspecified atom stereocenters. The van der Waals surface area contributed by atoms with Crippen molar-refractivity contribution in [3.63, 3.8) is 0 Å². The van der Waals surface area contributed by atoms with Crippen LogP contribution in [-0.2, 0) is 0 Å². The molecular weight excluding hydrogens is 647 g/mol. The largest absolute Gasteiger partial charge is 0.208 e. The summed E-state index contributed by atoms with van der Waals surface area (Å²) in [6.45, 7) is 0. The lowest BCUT2D eigenvalue weighted by molar-refractivity contribution is 1.07. The lowest BCUT2D eigenvalue weighted by Gasteiger charge is -2.15. The SMILES string of the molecule is c1ccc(-c2nc(-c3ccccc3)nc(-c3ccc(-c4cccc5c4sc4ccccc45)c(-c4ccc5c(c4)sc4ccccc45)c3)n2)cc1. The summed E-state index contributed by atoms with van der Waals surface area (Å²) in [5.41, 5.74) is 7.59. The maximum absolute atomic E-state index is 5.08. The molecule has 3 heterocycles. The van der Waals surface area contributed by atoms with Crippen LogP contribution in [0.4, 0.5) is 0 Å². The Morgan fingerprint density at radius 1 is 0.300 bits per heavy atom. The van der Waals surface area contributed by atoms with Crippen LogP contribution in [0.5, 0.6) is 0 Å². The lowest BCUT2D eigenvalue weighted by atomic mass is 9.91. The van der Waals surface area contributed by atoms with E-state index in [4.69, 9.17) is 15.0 Å². The van der Waals surface area contributed by atoms with Crippen LogP contribution >= 0.6 is 22.7 Å². The highest BCUT2D eigenvalue weighted by atomic mass is 32.1. The van der Waals surface area contributed by atoms with Crippen LogP contribution in [-0.4, -0.2) is 15.0 Å². The fraction of sp³-hybridized carbons (Fsp3) is 0. The van der Waals surface area contributed by atoms with Crippen LogP contribution in [0, 0.1) is 0 Å². The summed E-state index contributed by atoms with van der Waals surface area (Å²) in [6, 6.07) is 58.0. The van der Waals surface area contributed by atoms with E-state index in [1.807, 2.05) is 83.3 Å². The standard InChI is InChI=1S/C45H27N3S2/c1-3-12-28(13-4-1)43-46-44(29-14-5-2-6-15-29)48-45(47-43)31-23-24-32(36-18-11-19-37-34-17-8-10-21-40(34)50-42(36)37)38(26-31)30-22-25-35-33-16-7-9-20-39(33)49-41(35)27-30/h1-27H. The predicted octanol–water partition coefficient (Wildman–Crippen LogP) is 12.9. The topological polar surface area (TPSA) is 38.7 Å². The zero-order valence-electron chi connectivity index (χ0n) is 26.7. The van der Waals surface area contributed by atoms with E-state index < -0.39 is 0 Å². The van der Waals surface area contributed by atoms with Gasteiger partial charge in [-0.25, -0.2) is 15.0 Å². The van der Waals surface area contributed by atoms with Crippen molar-refractivity contribution >= 4 is 63.0 Å². The first kappa shape index (κ1) is 29.0. The molecule has 0 bridgehead atoms. The van der Waals surface area contributed by atoms with Crippen LogP contribution < -0.4 is 0 Å². The molecule has 3 aromatic heterocycles. The second kappa shape index (κ2) is 11.8. The molecule has 5 heteroatoms. The van der Waals surface area contributed by atoms with Gasteiger partial charge in [-0.3, -0.25) is 0 Å². The Morgan fingerprint density at radius 3 is 1.54 bits per heavy atom. The maximum Gasteiger partial charge on any atom is 0.164 e. The van der Waals surface area contributed by atoms with Crippen LogP contribution in [0.3, 0.4) is 0 Å². The van der Waals surface area contributed by atoms with Crippen molar-refractivity contribution in [2.24, 2.45) is 0 Å². The molecule has 0 spiro atoms. The van der Waals surface area contributed by atoms with Gasteiger partial charge in [0.25, 0.3) is 0 Å². The second-order valence-electron chi connectivity index (χ2n) is 12.4. The Hall–Kier alpha value is -6.01. The quantitative estimate of drug-likeness (QED) is 0.182. The Balaban J connectivity index is 1.22. The van der Waals surface area contributed by atoms with E-state index in [9.17, 15) is 0 Å². The number of hydrogen-bond donors (Lipinski definition) is 0. The first-order valence-corrected chi connectivity index (χ1v) is 18.2. The number of benzene rings is 7. The lowest BCUT2D eigenvalue weighted by Crippen LogP contribution is -2.00. The Bertz CT molecular complexity index is 2810. The van der Waals surface area contributed by atoms with Crippen LogP contribution in [0.2, 0.25) is 0 Å². The third kappa shape index (κ3) is 4.90. The van der Waals surface area contributed by atoms with Gasteiger partial charge in [0.2, 0.25) is 0 Å². The molecule has 0 aliphatic heterocycles. The zero-order chi connectivity index (χ0) is 33.0. The molecule has 234 valence electrons. The molecule has 10 rings (SSSR count). The van der Waals surface area contributed by atoms with E-state index in [1.54, 1.807) is 0 Å². The highest BCUT2D eigenvalue weighted by Crippen LogP contribution is 2.45. The van der Waals surface area contributed by atoms with Gasteiger partial charge in [-0.15, -0.1) is 22.7 Å². The van der Waals surface area contributed by atoms with E-state index in [2.05, 4.69) is 103 Å². The van der Waals surface area contributed by atoms with E-state index in [0.29, 0.717) is 17.5 Å². The minimum absolute atomic E-state index is 0.647. The van der Waals surface area contributed by atoms with Crippen LogP contribution in [0.1, 0.15) is 0 Å². The summed E-state index contributed by atoms with van der Waals surface area (Å²) in [5, 5.41) is 5.17. The van der Waals surface area contributed by atoms with Crippen molar-refractivity contribution in [3.05, 3.63) is 164 Å². The minimum atomic E-state index is 0.647. The number of hydrogen-bond acceptors (Lipinski definition) is 5. The van der Waals surface area contributed by atoms with Crippen molar-refractivity contribution in [2.75, 3.05) is 0 Å². The molecule has 0 aliphatic rings. The summed E-state index contributed by atoms with van der Waals surface area (Å²) >= 11 is 3.71. The van der Waals surface area contributed by atoms with E-state index in [0.717, 1.165) is 22.3 Å². The zero-order valence-corrected chi connectivity index (χ0v) is 28.4. The highest BCUT2D eigenvalue weighted by Gasteiger charge is 2.18. The molecule has 0 N–H and O–H groups in total. The predicted molar refractivity (Wildman–Crippen MR) is 213 cm³/mol. The smallest absolute Gasteiger partial charge is 0.164 e. The minimum Gasteiger partial charge on any atom is -0.208 e. The number of nitrogens with zero attached hydrogens (tertiary/aromatic N) is 3. The molecule has 0 saturated carbocycles. The van der Waals surface area contributed by atoms with E-state index in [-0.39, 0.29) is 0 Å². The van der Waals surface area contributed by atoms with Gasteiger partial charge in [0.1, 0.15) is 0 Å². The van der Waals surface area contributed by atoms with Gasteiger partial charge in [-0.1, -0.05) is 140 Å². The first-order chi connectivity index (χ1) is 24.8. The van der Waals surface area contributed by atoms with Crippen molar-refractivity contribution in [3.8, 4) is 56.4 Å². The molecule has 0 fully saturated rings. The summed E-state index contributed by atoms with van der Waals surface area (Å²) < 4.78 is 5.17. The summed E-state index contributed by atoms with van der Waals surface area (Å²) in [6.07, 6.45) is 0.